The van der Waals surface area contributed by atoms with E-state index in [1.54, 1.807) is 22.0 Å². The van der Waals surface area contributed by atoms with Crippen LogP contribution in [0.1, 0.15) is 30.1 Å². The first-order valence-corrected chi connectivity index (χ1v) is 5.70. The van der Waals surface area contributed by atoms with E-state index in [0.717, 1.165) is 19.4 Å². The Labute approximate surface area is 94.7 Å². The third kappa shape index (κ3) is 2.24. The quantitative estimate of drug-likeness (QED) is 0.790. The first kappa shape index (κ1) is 11.1. The molecular formula is C11H17N3O2. The summed E-state index contributed by atoms with van der Waals surface area (Å²) in [6.45, 7) is 3.18. The maximum Gasteiger partial charge on any atom is 0.257 e. The van der Waals surface area contributed by atoms with Gasteiger partial charge in [-0.25, -0.2) is 0 Å². The highest BCUT2D eigenvalue weighted by Crippen LogP contribution is 2.27. The van der Waals surface area contributed by atoms with E-state index >= 15 is 0 Å². The molecule has 1 fully saturated rings. The van der Waals surface area contributed by atoms with Crippen LogP contribution in [0, 0.1) is 0 Å². The molecule has 1 N–H and O–H groups in total. The molecule has 5 nitrogen and oxygen atoms in total. The molecular weight excluding hydrogens is 206 g/mol. The molecule has 1 aliphatic rings. The minimum atomic E-state index is -0.0174. The normalized spacial score (nSPS) is 15.1. The lowest BCUT2D eigenvalue weighted by molar-refractivity contribution is 0.0707. The van der Waals surface area contributed by atoms with Crippen molar-refractivity contribution < 1.29 is 9.90 Å². The zero-order chi connectivity index (χ0) is 11.5. The van der Waals surface area contributed by atoms with Crippen LogP contribution in [0.25, 0.3) is 0 Å². The van der Waals surface area contributed by atoms with Crippen molar-refractivity contribution >= 4 is 5.91 Å². The fourth-order valence-electron chi connectivity index (χ4n) is 1.76. The lowest BCUT2D eigenvalue weighted by atomic mass is 10.3. The molecule has 1 aliphatic carbocycles. The fourth-order valence-corrected chi connectivity index (χ4v) is 1.76. The average molecular weight is 223 g/mol. The molecule has 0 bridgehead atoms. The van der Waals surface area contributed by atoms with E-state index in [0.29, 0.717) is 18.2 Å². The van der Waals surface area contributed by atoms with Gasteiger partial charge in [-0.2, -0.15) is 5.10 Å². The summed E-state index contributed by atoms with van der Waals surface area (Å²) in [5.41, 5.74) is 0.613. The van der Waals surface area contributed by atoms with Gasteiger partial charge in [-0.1, -0.05) is 0 Å². The van der Waals surface area contributed by atoms with Gasteiger partial charge in [0.2, 0.25) is 0 Å². The van der Waals surface area contributed by atoms with E-state index in [1.165, 1.54) is 0 Å². The highest BCUT2D eigenvalue weighted by atomic mass is 16.3. The number of rotatable bonds is 5. The summed E-state index contributed by atoms with van der Waals surface area (Å²) in [4.78, 5) is 13.9. The fraction of sp³-hybridized carbons (Fsp3) is 0.636. The Bertz CT molecular complexity index is 371. The summed E-state index contributed by atoms with van der Waals surface area (Å²) in [6.07, 6.45) is 5.45. The van der Waals surface area contributed by atoms with Gasteiger partial charge in [0.05, 0.1) is 18.4 Å². The van der Waals surface area contributed by atoms with Gasteiger partial charge >= 0.3 is 0 Å². The van der Waals surface area contributed by atoms with Crippen molar-refractivity contribution in [2.45, 2.75) is 32.4 Å². The van der Waals surface area contributed by atoms with E-state index in [1.807, 2.05) is 6.92 Å². The van der Waals surface area contributed by atoms with Gasteiger partial charge in [-0.05, 0) is 19.8 Å². The zero-order valence-electron chi connectivity index (χ0n) is 9.46. The van der Waals surface area contributed by atoms with Gasteiger partial charge in [0.15, 0.2) is 0 Å². The maximum absolute atomic E-state index is 12.1. The van der Waals surface area contributed by atoms with Crippen molar-refractivity contribution in [2.24, 2.45) is 0 Å². The van der Waals surface area contributed by atoms with Crippen molar-refractivity contribution in [3.63, 3.8) is 0 Å². The van der Waals surface area contributed by atoms with Gasteiger partial charge in [-0.3, -0.25) is 9.48 Å². The summed E-state index contributed by atoms with van der Waals surface area (Å²) in [5.74, 6) is -0.0174. The van der Waals surface area contributed by atoms with Crippen molar-refractivity contribution in [3.05, 3.63) is 18.0 Å². The number of aliphatic hydroxyl groups is 1. The average Bonchev–Trinajstić information content (AvgIpc) is 3.02. The highest BCUT2D eigenvalue weighted by Gasteiger charge is 2.32. The number of carbonyl (C=O) groups is 1. The molecule has 88 valence electrons. The Morgan fingerprint density at radius 1 is 1.69 bits per heavy atom. The molecule has 0 aliphatic heterocycles. The molecule has 1 saturated carbocycles. The number of aromatic nitrogens is 2. The summed E-state index contributed by atoms with van der Waals surface area (Å²) in [5, 5.41) is 13.0. The Kier molecular flexibility index (Phi) is 3.24. The van der Waals surface area contributed by atoms with Crippen molar-refractivity contribution in [3.8, 4) is 0 Å². The van der Waals surface area contributed by atoms with Crippen LogP contribution in [-0.4, -0.2) is 44.9 Å². The van der Waals surface area contributed by atoms with Crippen LogP contribution in [0.2, 0.25) is 0 Å². The number of amides is 1. The summed E-state index contributed by atoms with van der Waals surface area (Å²) in [6, 6.07) is 0.324. The highest BCUT2D eigenvalue weighted by molar-refractivity contribution is 5.94. The summed E-state index contributed by atoms with van der Waals surface area (Å²) < 4.78 is 1.73. The van der Waals surface area contributed by atoms with Crippen LogP contribution in [-0.2, 0) is 6.54 Å². The second kappa shape index (κ2) is 4.65. The first-order chi connectivity index (χ1) is 7.76. The van der Waals surface area contributed by atoms with Gasteiger partial charge < -0.3 is 10.0 Å². The molecule has 1 heterocycles. The van der Waals surface area contributed by atoms with Gasteiger partial charge in [0.25, 0.3) is 5.91 Å². The largest absolute Gasteiger partial charge is 0.395 e. The van der Waals surface area contributed by atoms with Gasteiger partial charge in [0.1, 0.15) is 0 Å². The number of nitrogens with zero attached hydrogens (tertiary/aromatic N) is 3. The molecule has 0 spiro atoms. The van der Waals surface area contributed by atoms with Crippen LogP contribution in [0.15, 0.2) is 12.4 Å². The van der Waals surface area contributed by atoms with Crippen LogP contribution in [0.5, 0.6) is 0 Å². The monoisotopic (exact) mass is 223 g/mol. The first-order valence-electron chi connectivity index (χ1n) is 5.70. The number of aryl methyl sites for hydroxylation is 1. The third-order valence-electron chi connectivity index (χ3n) is 2.79. The minimum Gasteiger partial charge on any atom is -0.395 e. The number of hydrogen-bond donors (Lipinski definition) is 1. The maximum atomic E-state index is 12.1. The molecule has 0 atom stereocenters. The van der Waals surface area contributed by atoms with Gasteiger partial charge in [-0.15, -0.1) is 0 Å². The molecule has 1 aromatic heterocycles. The lowest BCUT2D eigenvalue weighted by Crippen LogP contribution is -2.35. The molecule has 0 radical (unpaired) electrons. The zero-order valence-corrected chi connectivity index (χ0v) is 9.46. The molecule has 16 heavy (non-hydrogen) atoms. The minimum absolute atomic E-state index is 0.0174. The van der Waals surface area contributed by atoms with E-state index in [2.05, 4.69) is 5.10 Å². The SMILES string of the molecule is CCn1cc(C(=O)N(CCO)C2CC2)cn1. The second-order valence-corrected chi connectivity index (χ2v) is 4.04. The molecule has 0 unspecified atom stereocenters. The van der Waals surface area contributed by atoms with E-state index < -0.39 is 0 Å². The number of hydrogen-bond acceptors (Lipinski definition) is 3. The number of carbonyl (C=O) groups excluding carboxylic acids is 1. The molecule has 1 aromatic rings. The third-order valence-corrected chi connectivity index (χ3v) is 2.79. The molecule has 0 aromatic carbocycles. The Balaban J connectivity index is 2.09. The molecule has 2 rings (SSSR count). The summed E-state index contributed by atoms with van der Waals surface area (Å²) in [7, 11) is 0. The smallest absolute Gasteiger partial charge is 0.257 e. The Morgan fingerprint density at radius 2 is 2.44 bits per heavy atom. The van der Waals surface area contributed by atoms with Crippen LogP contribution in [0.3, 0.4) is 0 Å². The van der Waals surface area contributed by atoms with Crippen molar-refractivity contribution in [1.82, 2.24) is 14.7 Å². The predicted octanol–water partition coefficient (Wildman–Crippen LogP) is 0.500. The standard InChI is InChI=1S/C11H17N3O2/c1-2-13-8-9(7-12-13)11(16)14(5-6-15)10-3-4-10/h7-8,10,15H,2-6H2,1H3. The molecule has 0 saturated heterocycles. The van der Waals surface area contributed by atoms with Crippen LogP contribution in [0.4, 0.5) is 0 Å². The van der Waals surface area contributed by atoms with Crippen molar-refractivity contribution in [2.75, 3.05) is 13.2 Å². The van der Waals surface area contributed by atoms with Crippen molar-refractivity contribution in [1.29, 1.82) is 0 Å². The molecule has 1 amide bonds. The predicted molar refractivity (Wildman–Crippen MR) is 59.0 cm³/mol. The Morgan fingerprint density at radius 3 is 2.94 bits per heavy atom. The van der Waals surface area contributed by atoms with Crippen LogP contribution >= 0.6 is 0 Å². The Hall–Kier alpha value is -1.36. The molecule has 5 heteroatoms. The lowest BCUT2D eigenvalue weighted by Gasteiger charge is -2.20. The van der Waals surface area contributed by atoms with E-state index in [9.17, 15) is 4.79 Å². The van der Waals surface area contributed by atoms with E-state index in [4.69, 9.17) is 5.11 Å². The summed E-state index contributed by atoms with van der Waals surface area (Å²) >= 11 is 0. The van der Waals surface area contributed by atoms with Crippen LogP contribution < -0.4 is 0 Å². The second-order valence-electron chi connectivity index (χ2n) is 4.04. The van der Waals surface area contributed by atoms with Gasteiger partial charge in [0, 0.05) is 25.3 Å². The number of aliphatic hydroxyl groups excluding tert-OH is 1. The van der Waals surface area contributed by atoms with E-state index in [-0.39, 0.29) is 12.5 Å². The topological polar surface area (TPSA) is 58.4 Å².